The highest BCUT2D eigenvalue weighted by Gasteiger charge is 2.47. The lowest BCUT2D eigenvalue weighted by Crippen LogP contribution is -2.37. The third-order valence-corrected chi connectivity index (χ3v) is 4.77. The van der Waals surface area contributed by atoms with Crippen molar-refractivity contribution in [2.24, 2.45) is 0 Å². The van der Waals surface area contributed by atoms with Crippen LogP contribution in [-0.2, 0) is 16.0 Å². The van der Waals surface area contributed by atoms with Crippen molar-refractivity contribution in [1.29, 1.82) is 0 Å². The number of carbonyl (C=O) groups excluding carboxylic acids is 4. The van der Waals surface area contributed by atoms with Crippen molar-refractivity contribution in [3.63, 3.8) is 0 Å². The van der Waals surface area contributed by atoms with Crippen molar-refractivity contribution < 1.29 is 28.7 Å². The van der Waals surface area contributed by atoms with Gasteiger partial charge in [-0.15, -0.1) is 0 Å². The van der Waals surface area contributed by atoms with Crippen LogP contribution in [-0.4, -0.2) is 48.3 Å². The highest BCUT2D eigenvalue weighted by molar-refractivity contribution is 6.53. The van der Waals surface area contributed by atoms with Gasteiger partial charge in [0.15, 0.2) is 5.78 Å². The number of benzene rings is 2. The van der Waals surface area contributed by atoms with Crippen LogP contribution in [0.5, 0.6) is 11.5 Å². The zero-order valence-corrected chi connectivity index (χ0v) is 15.7. The van der Waals surface area contributed by atoms with E-state index in [1.165, 1.54) is 6.07 Å². The molecule has 0 saturated carbocycles. The SMILES string of the molecule is CCOc1ccccc1N1C(=O)C(=O)N(CC(=O)c2ccc3c(c2)CCO3)C1=O. The molecule has 2 aliphatic rings. The van der Waals surface area contributed by atoms with Crippen LogP contribution >= 0.6 is 0 Å². The second-order valence-corrected chi connectivity index (χ2v) is 6.56. The van der Waals surface area contributed by atoms with E-state index in [4.69, 9.17) is 9.47 Å². The minimum Gasteiger partial charge on any atom is -0.493 e. The summed E-state index contributed by atoms with van der Waals surface area (Å²) < 4.78 is 10.9. The van der Waals surface area contributed by atoms with Gasteiger partial charge in [-0.05, 0) is 42.8 Å². The number of carbonyl (C=O) groups is 4. The zero-order chi connectivity index (χ0) is 20.5. The second-order valence-electron chi connectivity index (χ2n) is 6.56. The van der Waals surface area contributed by atoms with E-state index in [0.717, 1.165) is 16.2 Å². The monoisotopic (exact) mass is 394 g/mol. The minimum absolute atomic E-state index is 0.169. The molecule has 8 heteroatoms. The number of imide groups is 2. The molecule has 0 atom stereocenters. The number of Topliss-reactive ketones (excluding diaryl/α,β-unsaturated/α-hetero) is 1. The topological polar surface area (TPSA) is 93.2 Å². The lowest BCUT2D eigenvalue weighted by Gasteiger charge is -2.18. The number of fused-ring (bicyclic) bond motifs is 1. The van der Waals surface area contributed by atoms with Crippen molar-refractivity contribution in [3.05, 3.63) is 53.6 Å². The number of hydrogen-bond acceptors (Lipinski definition) is 6. The smallest absolute Gasteiger partial charge is 0.339 e. The lowest BCUT2D eigenvalue weighted by molar-refractivity contribution is -0.139. The molecule has 0 unspecified atom stereocenters. The largest absolute Gasteiger partial charge is 0.493 e. The Morgan fingerprint density at radius 2 is 1.90 bits per heavy atom. The Morgan fingerprint density at radius 1 is 1.10 bits per heavy atom. The predicted octanol–water partition coefficient (Wildman–Crippen LogP) is 2.20. The highest BCUT2D eigenvalue weighted by atomic mass is 16.5. The Hall–Kier alpha value is -3.68. The minimum atomic E-state index is -1.04. The molecule has 0 bridgehead atoms. The van der Waals surface area contributed by atoms with Gasteiger partial charge in [0, 0.05) is 12.0 Å². The molecule has 1 fully saturated rings. The third kappa shape index (κ3) is 3.22. The van der Waals surface area contributed by atoms with Gasteiger partial charge >= 0.3 is 17.8 Å². The molecular weight excluding hydrogens is 376 g/mol. The van der Waals surface area contributed by atoms with Crippen LogP contribution < -0.4 is 14.4 Å². The molecule has 148 valence electrons. The molecule has 0 N–H and O–H groups in total. The molecule has 2 aliphatic heterocycles. The van der Waals surface area contributed by atoms with E-state index >= 15 is 0 Å². The van der Waals surface area contributed by atoms with Crippen LogP contribution in [0.1, 0.15) is 22.8 Å². The average molecular weight is 394 g/mol. The molecule has 0 radical (unpaired) electrons. The lowest BCUT2D eigenvalue weighted by atomic mass is 10.1. The molecule has 0 spiro atoms. The molecule has 2 aromatic rings. The Bertz CT molecular complexity index is 1030. The van der Waals surface area contributed by atoms with E-state index in [0.29, 0.717) is 35.8 Å². The summed E-state index contributed by atoms with van der Waals surface area (Å²) in [5, 5.41) is 0. The highest BCUT2D eigenvalue weighted by Crippen LogP contribution is 2.32. The number of anilines is 1. The summed E-state index contributed by atoms with van der Waals surface area (Å²) in [6.45, 7) is 2.13. The fraction of sp³-hybridized carbons (Fsp3) is 0.238. The van der Waals surface area contributed by atoms with Gasteiger partial charge in [0.25, 0.3) is 0 Å². The third-order valence-electron chi connectivity index (χ3n) is 4.77. The number of amides is 4. The summed E-state index contributed by atoms with van der Waals surface area (Å²) in [6.07, 6.45) is 0.693. The quantitative estimate of drug-likeness (QED) is 0.424. The van der Waals surface area contributed by atoms with Gasteiger partial charge in [-0.1, -0.05) is 12.1 Å². The maximum atomic E-state index is 12.8. The van der Waals surface area contributed by atoms with E-state index in [1.807, 2.05) is 0 Å². The first-order valence-electron chi connectivity index (χ1n) is 9.22. The number of ether oxygens (including phenoxy) is 2. The molecule has 2 aromatic carbocycles. The van der Waals surface area contributed by atoms with E-state index in [9.17, 15) is 19.2 Å². The summed E-state index contributed by atoms with van der Waals surface area (Å²) in [4.78, 5) is 51.8. The van der Waals surface area contributed by atoms with E-state index in [1.54, 1.807) is 43.3 Å². The Balaban J connectivity index is 1.58. The van der Waals surface area contributed by atoms with Crippen LogP contribution in [0.4, 0.5) is 10.5 Å². The molecular formula is C21H18N2O6. The zero-order valence-electron chi connectivity index (χ0n) is 15.7. The maximum absolute atomic E-state index is 12.8. The number of nitrogens with zero attached hydrogens (tertiary/aromatic N) is 2. The van der Waals surface area contributed by atoms with Crippen LogP contribution in [0.2, 0.25) is 0 Å². The first-order chi connectivity index (χ1) is 14.0. The standard InChI is InChI=1S/C21H18N2O6/c1-2-28-18-6-4-3-5-15(18)23-20(26)19(25)22(21(23)27)12-16(24)13-7-8-17-14(11-13)9-10-29-17/h3-8,11H,2,9-10,12H2,1H3. The molecule has 8 nitrogen and oxygen atoms in total. The molecule has 29 heavy (non-hydrogen) atoms. The number of hydrogen-bond donors (Lipinski definition) is 0. The second kappa shape index (κ2) is 7.38. The van der Waals surface area contributed by atoms with Crippen molar-refractivity contribution >= 4 is 29.3 Å². The van der Waals surface area contributed by atoms with Gasteiger partial charge in [-0.2, -0.15) is 0 Å². The average Bonchev–Trinajstić information content (AvgIpc) is 3.27. The predicted molar refractivity (Wildman–Crippen MR) is 102 cm³/mol. The van der Waals surface area contributed by atoms with Gasteiger partial charge < -0.3 is 9.47 Å². The number of ketones is 1. The van der Waals surface area contributed by atoms with Crippen LogP contribution in [0.15, 0.2) is 42.5 Å². The van der Waals surface area contributed by atoms with E-state index in [2.05, 4.69) is 0 Å². The summed E-state index contributed by atoms with van der Waals surface area (Å²) in [5.74, 6) is -1.47. The molecule has 1 saturated heterocycles. The van der Waals surface area contributed by atoms with Gasteiger partial charge in [-0.3, -0.25) is 14.4 Å². The summed E-state index contributed by atoms with van der Waals surface area (Å²) >= 11 is 0. The van der Waals surface area contributed by atoms with Gasteiger partial charge in [-0.25, -0.2) is 14.6 Å². The van der Waals surface area contributed by atoms with Crippen LogP contribution in [0.3, 0.4) is 0 Å². The van der Waals surface area contributed by atoms with Crippen LogP contribution in [0, 0.1) is 0 Å². The van der Waals surface area contributed by atoms with Gasteiger partial charge in [0.05, 0.1) is 25.4 Å². The molecule has 0 aromatic heterocycles. The Kier molecular flexibility index (Phi) is 4.75. The first-order valence-corrected chi connectivity index (χ1v) is 9.22. The fourth-order valence-corrected chi connectivity index (χ4v) is 3.37. The van der Waals surface area contributed by atoms with E-state index in [-0.39, 0.29) is 5.69 Å². The van der Waals surface area contributed by atoms with Crippen molar-refractivity contribution in [3.8, 4) is 11.5 Å². The van der Waals surface area contributed by atoms with Crippen molar-refractivity contribution in [2.45, 2.75) is 13.3 Å². The number of urea groups is 1. The summed E-state index contributed by atoms with van der Waals surface area (Å²) in [5.41, 5.74) is 1.43. The van der Waals surface area contributed by atoms with Crippen molar-refractivity contribution in [2.75, 3.05) is 24.7 Å². The number of rotatable bonds is 6. The van der Waals surface area contributed by atoms with Crippen molar-refractivity contribution in [1.82, 2.24) is 4.90 Å². The van der Waals surface area contributed by atoms with Gasteiger partial charge in [0.2, 0.25) is 0 Å². The Labute approximate surface area is 166 Å². The first kappa shape index (κ1) is 18.7. The molecule has 0 aliphatic carbocycles. The number of para-hydroxylation sites is 2. The molecule has 4 rings (SSSR count). The molecule has 2 heterocycles. The van der Waals surface area contributed by atoms with Crippen LogP contribution in [0.25, 0.3) is 0 Å². The fourth-order valence-electron chi connectivity index (χ4n) is 3.37. The summed E-state index contributed by atoms with van der Waals surface area (Å²) in [7, 11) is 0. The normalized spacial score (nSPS) is 15.6. The summed E-state index contributed by atoms with van der Waals surface area (Å²) in [6, 6.07) is 10.5. The van der Waals surface area contributed by atoms with Gasteiger partial charge in [0.1, 0.15) is 11.5 Å². The maximum Gasteiger partial charge on any atom is 0.339 e. The Morgan fingerprint density at radius 3 is 2.69 bits per heavy atom. The van der Waals surface area contributed by atoms with E-state index < -0.39 is 30.2 Å². The molecule has 4 amide bonds.